The summed E-state index contributed by atoms with van der Waals surface area (Å²) < 4.78 is 0. The van der Waals surface area contributed by atoms with Gasteiger partial charge < -0.3 is 10.6 Å². The number of rotatable bonds is 3. The average molecular weight is 288 g/mol. The molecule has 0 atom stereocenters. The zero-order valence-corrected chi connectivity index (χ0v) is 13.7. The van der Waals surface area contributed by atoms with Crippen molar-refractivity contribution in [3.63, 3.8) is 0 Å². The topological polar surface area (TPSA) is 41.1 Å². The normalized spacial score (nSPS) is 22.7. The predicted octanol–water partition coefficient (Wildman–Crippen LogP) is 4.06. The van der Waals surface area contributed by atoms with E-state index < -0.39 is 0 Å². The molecule has 0 aliphatic heterocycles. The van der Waals surface area contributed by atoms with Crippen molar-refractivity contribution >= 4 is 11.6 Å². The van der Waals surface area contributed by atoms with E-state index in [4.69, 9.17) is 0 Å². The second kappa shape index (κ2) is 6.50. The van der Waals surface area contributed by atoms with Gasteiger partial charge in [0.05, 0.1) is 0 Å². The summed E-state index contributed by atoms with van der Waals surface area (Å²) in [4.78, 5) is 11.7. The van der Waals surface area contributed by atoms with E-state index in [1.807, 2.05) is 24.3 Å². The molecule has 1 fully saturated rings. The Morgan fingerprint density at radius 2 is 1.81 bits per heavy atom. The highest BCUT2D eigenvalue weighted by atomic mass is 16.1. The Bertz CT molecular complexity index is 482. The monoisotopic (exact) mass is 288 g/mol. The molecule has 3 heteroatoms. The summed E-state index contributed by atoms with van der Waals surface area (Å²) in [5.74, 6) is 0.794. The van der Waals surface area contributed by atoms with Crippen LogP contribution in [0.1, 0.15) is 56.8 Å². The summed E-state index contributed by atoms with van der Waals surface area (Å²) in [6.45, 7) is 7.04. The molecule has 0 unspecified atom stereocenters. The van der Waals surface area contributed by atoms with E-state index in [2.05, 4.69) is 31.4 Å². The highest BCUT2D eigenvalue weighted by Crippen LogP contribution is 2.38. The van der Waals surface area contributed by atoms with Crippen molar-refractivity contribution in [1.82, 2.24) is 5.32 Å². The first kappa shape index (κ1) is 15.9. The van der Waals surface area contributed by atoms with Crippen LogP contribution in [0.25, 0.3) is 0 Å². The lowest BCUT2D eigenvalue weighted by Crippen LogP contribution is -2.31. The van der Waals surface area contributed by atoms with Crippen molar-refractivity contribution in [3.8, 4) is 0 Å². The minimum Gasteiger partial charge on any atom is -0.382 e. The molecule has 116 valence electrons. The summed E-state index contributed by atoms with van der Waals surface area (Å²) >= 11 is 0. The lowest BCUT2D eigenvalue weighted by Gasteiger charge is -2.37. The van der Waals surface area contributed by atoms with Crippen molar-refractivity contribution < 1.29 is 4.79 Å². The molecule has 1 aliphatic carbocycles. The fourth-order valence-electron chi connectivity index (χ4n) is 3.23. The maximum atomic E-state index is 11.7. The van der Waals surface area contributed by atoms with Gasteiger partial charge in [-0.15, -0.1) is 0 Å². The minimum absolute atomic E-state index is 0.0323. The molecule has 0 saturated heterocycles. The van der Waals surface area contributed by atoms with Crippen LogP contribution in [0.5, 0.6) is 0 Å². The van der Waals surface area contributed by atoms with Crippen LogP contribution in [-0.2, 0) is 0 Å². The molecule has 2 rings (SSSR count). The molecule has 1 aromatic rings. The van der Waals surface area contributed by atoms with E-state index in [0.29, 0.717) is 17.0 Å². The van der Waals surface area contributed by atoms with Crippen LogP contribution in [0.4, 0.5) is 5.69 Å². The van der Waals surface area contributed by atoms with Crippen LogP contribution >= 0.6 is 0 Å². The molecule has 3 nitrogen and oxygen atoms in total. The van der Waals surface area contributed by atoms with Crippen LogP contribution < -0.4 is 10.6 Å². The number of benzene rings is 1. The van der Waals surface area contributed by atoms with Crippen LogP contribution in [0.2, 0.25) is 0 Å². The summed E-state index contributed by atoms with van der Waals surface area (Å²) in [5.41, 5.74) is 2.19. The summed E-state index contributed by atoms with van der Waals surface area (Å²) in [6.07, 6.45) is 5.00. The molecular weight excluding hydrogens is 260 g/mol. The largest absolute Gasteiger partial charge is 0.382 e. The van der Waals surface area contributed by atoms with Gasteiger partial charge in [0.15, 0.2) is 0 Å². The van der Waals surface area contributed by atoms with Gasteiger partial charge in [0, 0.05) is 24.3 Å². The van der Waals surface area contributed by atoms with Gasteiger partial charge in [0.25, 0.3) is 5.91 Å². The molecule has 1 aromatic carbocycles. The predicted molar refractivity (Wildman–Crippen MR) is 88.7 cm³/mol. The van der Waals surface area contributed by atoms with Gasteiger partial charge in [-0.2, -0.15) is 0 Å². The quantitative estimate of drug-likeness (QED) is 0.880. The van der Waals surface area contributed by atoms with Crippen molar-refractivity contribution in [1.29, 1.82) is 0 Å². The fourth-order valence-corrected chi connectivity index (χ4v) is 3.23. The molecule has 1 saturated carbocycles. The van der Waals surface area contributed by atoms with Crippen LogP contribution in [0.3, 0.4) is 0 Å². The SMILES string of the molecule is CNC(=O)c1cccc(NC2CCC(C(C)(C)C)CC2)c1. The zero-order chi connectivity index (χ0) is 15.5. The number of anilines is 1. The maximum Gasteiger partial charge on any atom is 0.251 e. The van der Waals surface area contributed by atoms with Crippen LogP contribution in [0, 0.1) is 11.3 Å². The lowest BCUT2D eigenvalue weighted by molar-refractivity contribution is 0.0963. The number of hydrogen-bond donors (Lipinski definition) is 2. The molecule has 21 heavy (non-hydrogen) atoms. The molecule has 2 N–H and O–H groups in total. The number of nitrogens with one attached hydrogen (secondary N) is 2. The van der Waals surface area contributed by atoms with Crippen LogP contribution in [-0.4, -0.2) is 19.0 Å². The Morgan fingerprint density at radius 1 is 1.14 bits per heavy atom. The third-order valence-corrected chi connectivity index (χ3v) is 4.67. The van der Waals surface area contributed by atoms with E-state index in [-0.39, 0.29) is 5.91 Å². The lowest BCUT2D eigenvalue weighted by atomic mass is 9.71. The number of amides is 1. The molecule has 1 aliphatic rings. The zero-order valence-electron chi connectivity index (χ0n) is 13.7. The Morgan fingerprint density at radius 3 is 2.38 bits per heavy atom. The van der Waals surface area contributed by atoms with Gasteiger partial charge in [-0.25, -0.2) is 0 Å². The molecule has 0 radical (unpaired) electrons. The second-order valence-corrected chi connectivity index (χ2v) is 7.22. The van der Waals surface area contributed by atoms with E-state index in [0.717, 1.165) is 11.6 Å². The molecule has 0 heterocycles. The minimum atomic E-state index is -0.0323. The fraction of sp³-hybridized carbons (Fsp3) is 0.611. The molecular formula is C18H28N2O. The highest BCUT2D eigenvalue weighted by Gasteiger charge is 2.29. The first-order valence-corrected chi connectivity index (χ1v) is 7.99. The Kier molecular flexibility index (Phi) is 4.92. The van der Waals surface area contributed by atoms with Crippen molar-refractivity contribution in [3.05, 3.63) is 29.8 Å². The number of carbonyl (C=O) groups excluding carboxylic acids is 1. The third-order valence-electron chi connectivity index (χ3n) is 4.67. The first-order valence-electron chi connectivity index (χ1n) is 7.99. The van der Waals surface area contributed by atoms with Crippen molar-refractivity contribution in [2.45, 2.75) is 52.5 Å². The molecule has 0 bridgehead atoms. The summed E-state index contributed by atoms with van der Waals surface area (Å²) in [7, 11) is 1.66. The van der Waals surface area contributed by atoms with Gasteiger partial charge in [0.1, 0.15) is 0 Å². The van der Waals surface area contributed by atoms with Gasteiger partial charge >= 0.3 is 0 Å². The van der Waals surface area contributed by atoms with Gasteiger partial charge in [0.2, 0.25) is 0 Å². The Hall–Kier alpha value is -1.51. The Labute approximate surface area is 128 Å². The highest BCUT2D eigenvalue weighted by molar-refractivity contribution is 5.94. The standard InChI is InChI=1S/C18H28N2O/c1-18(2,3)14-8-10-15(11-9-14)20-16-7-5-6-13(12-16)17(21)19-4/h5-7,12,14-15,20H,8-11H2,1-4H3,(H,19,21). The second-order valence-electron chi connectivity index (χ2n) is 7.22. The summed E-state index contributed by atoms with van der Waals surface area (Å²) in [6, 6.07) is 8.30. The smallest absolute Gasteiger partial charge is 0.251 e. The third kappa shape index (κ3) is 4.23. The average Bonchev–Trinajstić information content (AvgIpc) is 2.46. The van der Waals surface area contributed by atoms with Gasteiger partial charge in [-0.05, 0) is 55.2 Å². The molecule has 0 aromatic heterocycles. The van der Waals surface area contributed by atoms with E-state index in [1.165, 1.54) is 25.7 Å². The molecule has 0 spiro atoms. The first-order chi connectivity index (χ1) is 9.90. The summed E-state index contributed by atoms with van der Waals surface area (Å²) in [5, 5.41) is 6.26. The Balaban J connectivity index is 1.93. The van der Waals surface area contributed by atoms with Gasteiger partial charge in [-0.3, -0.25) is 4.79 Å². The van der Waals surface area contributed by atoms with Gasteiger partial charge in [-0.1, -0.05) is 26.8 Å². The van der Waals surface area contributed by atoms with E-state index >= 15 is 0 Å². The van der Waals surface area contributed by atoms with E-state index in [1.54, 1.807) is 7.05 Å². The maximum absolute atomic E-state index is 11.7. The molecule has 1 amide bonds. The van der Waals surface area contributed by atoms with Crippen molar-refractivity contribution in [2.75, 3.05) is 12.4 Å². The number of hydrogen-bond acceptors (Lipinski definition) is 2. The van der Waals surface area contributed by atoms with Crippen LogP contribution in [0.15, 0.2) is 24.3 Å². The van der Waals surface area contributed by atoms with E-state index in [9.17, 15) is 4.79 Å². The van der Waals surface area contributed by atoms with Crippen molar-refractivity contribution in [2.24, 2.45) is 11.3 Å². The number of carbonyl (C=O) groups is 1.